The van der Waals surface area contributed by atoms with Gasteiger partial charge in [0.05, 0.1) is 19.1 Å². The maximum Gasteiger partial charge on any atom is 0.243 e. The average molecular weight is 649 g/mol. The van der Waals surface area contributed by atoms with Crippen LogP contribution < -0.4 is 14.4 Å². The van der Waals surface area contributed by atoms with Crippen LogP contribution in [-0.4, -0.2) is 57.6 Å². The Morgan fingerprint density at radius 1 is 0.977 bits per heavy atom. The molecule has 0 bridgehead atoms. The zero-order chi connectivity index (χ0) is 31.4. The Morgan fingerprint density at radius 2 is 1.67 bits per heavy atom. The van der Waals surface area contributed by atoms with Gasteiger partial charge in [-0.3, -0.25) is 13.9 Å². The number of nitrogens with zero attached hydrogens (tertiary/aromatic N) is 2. The summed E-state index contributed by atoms with van der Waals surface area (Å²) in [5, 5.41) is 3.83. The number of halogens is 2. The zero-order valence-corrected chi connectivity index (χ0v) is 27.1. The number of carbonyl (C=O) groups is 2. The number of anilines is 1. The first-order valence-electron chi connectivity index (χ1n) is 14.2. The normalized spacial score (nSPS) is 11.9. The number of hydrogen-bond donors (Lipinski definition) is 1. The van der Waals surface area contributed by atoms with E-state index >= 15 is 0 Å². The summed E-state index contributed by atoms with van der Waals surface area (Å²) in [6, 6.07) is 20.5. The van der Waals surface area contributed by atoms with Gasteiger partial charge in [-0.25, -0.2) is 8.42 Å². The molecule has 43 heavy (non-hydrogen) atoms. The topological polar surface area (TPSA) is 96.0 Å². The van der Waals surface area contributed by atoms with Crippen molar-refractivity contribution in [2.24, 2.45) is 0 Å². The van der Waals surface area contributed by atoms with Gasteiger partial charge in [-0.1, -0.05) is 85.1 Å². The van der Waals surface area contributed by atoms with Crippen molar-refractivity contribution in [2.75, 3.05) is 30.8 Å². The molecule has 0 aliphatic carbocycles. The molecule has 0 saturated carbocycles. The maximum atomic E-state index is 14.0. The second-order valence-electron chi connectivity index (χ2n) is 10.2. The van der Waals surface area contributed by atoms with E-state index in [0.29, 0.717) is 40.0 Å². The highest BCUT2D eigenvalue weighted by atomic mass is 35.5. The van der Waals surface area contributed by atoms with Crippen LogP contribution in [0.1, 0.15) is 43.7 Å². The van der Waals surface area contributed by atoms with Crippen molar-refractivity contribution in [1.29, 1.82) is 0 Å². The minimum atomic E-state index is -3.68. The lowest BCUT2D eigenvalue weighted by atomic mass is 10.0. The summed E-state index contributed by atoms with van der Waals surface area (Å²) in [6.45, 7) is 2.66. The average Bonchev–Trinajstić information content (AvgIpc) is 2.98. The molecule has 0 aliphatic rings. The van der Waals surface area contributed by atoms with E-state index in [1.807, 2.05) is 37.3 Å². The van der Waals surface area contributed by atoms with Gasteiger partial charge in [0.15, 0.2) is 0 Å². The Morgan fingerprint density at radius 3 is 2.33 bits per heavy atom. The fourth-order valence-electron chi connectivity index (χ4n) is 4.71. The van der Waals surface area contributed by atoms with Gasteiger partial charge in [-0.15, -0.1) is 0 Å². The Labute approximate surface area is 265 Å². The number of carbonyl (C=O) groups excluding carboxylic acids is 2. The van der Waals surface area contributed by atoms with Gasteiger partial charge in [0, 0.05) is 42.5 Å². The first-order valence-corrected chi connectivity index (χ1v) is 16.8. The van der Waals surface area contributed by atoms with E-state index in [2.05, 4.69) is 5.32 Å². The molecule has 3 aromatic carbocycles. The Bertz CT molecular complexity index is 1470. The van der Waals surface area contributed by atoms with E-state index in [9.17, 15) is 18.0 Å². The van der Waals surface area contributed by atoms with Crippen LogP contribution >= 0.6 is 23.2 Å². The molecule has 0 heterocycles. The highest BCUT2D eigenvalue weighted by Crippen LogP contribution is 2.30. The van der Waals surface area contributed by atoms with Gasteiger partial charge in [-0.2, -0.15) is 0 Å². The van der Waals surface area contributed by atoms with Crippen LogP contribution in [0.15, 0.2) is 72.8 Å². The number of ether oxygens (including phenoxy) is 1. The Balaban J connectivity index is 1.91. The molecule has 0 spiro atoms. The lowest BCUT2D eigenvalue weighted by Crippen LogP contribution is -2.50. The van der Waals surface area contributed by atoms with Crippen LogP contribution in [0.25, 0.3) is 0 Å². The highest BCUT2D eigenvalue weighted by Gasteiger charge is 2.31. The summed E-state index contributed by atoms with van der Waals surface area (Å²) in [5.74, 6) is -0.154. The van der Waals surface area contributed by atoms with Crippen LogP contribution in [0, 0.1) is 0 Å². The smallest absolute Gasteiger partial charge is 0.243 e. The standard InChI is InChI=1S/C32H39Cl2N3O5S/c1-4-5-19-35-32(39)29(21-24-12-7-6-8-13-24)36(23-25-17-18-26(33)22-27(25)34)31(38)16-11-20-37(43(3,40)41)28-14-9-10-15-30(28)42-2/h6-10,12-15,17-18,22,29H,4-5,11,16,19-21,23H2,1-3H3,(H,35,39). The molecule has 11 heteroatoms. The number of methoxy groups -OCH3 is 1. The number of nitrogens with one attached hydrogen (secondary N) is 1. The molecule has 0 fully saturated rings. The van der Waals surface area contributed by atoms with Crippen molar-refractivity contribution in [1.82, 2.24) is 10.2 Å². The minimum absolute atomic E-state index is 0.0000917. The number of rotatable bonds is 16. The predicted octanol–water partition coefficient (Wildman–Crippen LogP) is 6.10. The third kappa shape index (κ3) is 10.2. The minimum Gasteiger partial charge on any atom is -0.495 e. The first kappa shape index (κ1) is 34.2. The highest BCUT2D eigenvalue weighted by molar-refractivity contribution is 7.92. The molecule has 232 valence electrons. The van der Waals surface area contributed by atoms with E-state index < -0.39 is 16.1 Å². The van der Waals surface area contributed by atoms with E-state index in [1.54, 1.807) is 42.5 Å². The Hall–Kier alpha value is -3.27. The van der Waals surface area contributed by atoms with Crippen molar-refractivity contribution in [3.8, 4) is 5.75 Å². The number of unbranched alkanes of at least 4 members (excludes halogenated alkanes) is 1. The summed E-state index contributed by atoms with van der Waals surface area (Å²) in [6.07, 6.45) is 3.35. The second-order valence-corrected chi connectivity index (χ2v) is 13.0. The molecular formula is C32H39Cl2N3O5S. The molecule has 0 aromatic heterocycles. The van der Waals surface area contributed by atoms with Crippen molar-refractivity contribution >= 4 is 50.7 Å². The Kier molecular flexibility index (Phi) is 13.2. The quantitative estimate of drug-likeness (QED) is 0.189. The SMILES string of the molecule is CCCCNC(=O)C(Cc1ccccc1)N(Cc1ccc(Cl)cc1Cl)C(=O)CCCN(c1ccccc1OC)S(C)(=O)=O. The summed E-state index contributed by atoms with van der Waals surface area (Å²) in [4.78, 5) is 29.1. The van der Waals surface area contributed by atoms with E-state index in [0.717, 1.165) is 24.7 Å². The van der Waals surface area contributed by atoms with Crippen molar-refractivity contribution < 1.29 is 22.7 Å². The number of amides is 2. The van der Waals surface area contributed by atoms with Crippen LogP contribution in [0.4, 0.5) is 5.69 Å². The van der Waals surface area contributed by atoms with Crippen LogP contribution in [0.3, 0.4) is 0 Å². The largest absolute Gasteiger partial charge is 0.495 e. The van der Waals surface area contributed by atoms with Crippen LogP contribution in [-0.2, 0) is 32.6 Å². The van der Waals surface area contributed by atoms with Gasteiger partial charge in [0.2, 0.25) is 21.8 Å². The number of hydrogen-bond acceptors (Lipinski definition) is 5. The monoisotopic (exact) mass is 647 g/mol. The summed E-state index contributed by atoms with van der Waals surface area (Å²) < 4.78 is 32.1. The molecule has 8 nitrogen and oxygen atoms in total. The van der Waals surface area contributed by atoms with E-state index in [1.165, 1.54) is 16.3 Å². The van der Waals surface area contributed by atoms with Gasteiger partial charge in [0.1, 0.15) is 11.8 Å². The number of para-hydroxylation sites is 2. The molecule has 2 amide bonds. The molecule has 3 aromatic rings. The van der Waals surface area contributed by atoms with Crippen molar-refractivity contribution in [3.05, 3.63) is 94.0 Å². The number of benzene rings is 3. The maximum absolute atomic E-state index is 14.0. The third-order valence-corrected chi connectivity index (χ3v) is 8.73. The first-order chi connectivity index (χ1) is 20.5. The van der Waals surface area contributed by atoms with Gasteiger partial charge >= 0.3 is 0 Å². The lowest BCUT2D eigenvalue weighted by molar-refractivity contribution is -0.141. The molecule has 1 N–H and O–H groups in total. The van der Waals surface area contributed by atoms with Crippen molar-refractivity contribution in [3.63, 3.8) is 0 Å². The van der Waals surface area contributed by atoms with Crippen LogP contribution in [0.5, 0.6) is 5.75 Å². The van der Waals surface area contributed by atoms with Gasteiger partial charge in [0.25, 0.3) is 0 Å². The summed E-state index contributed by atoms with van der Waals surface area (Å²) in [7, 11) is -2.20. The van der Waals surface area contributed by atoms with Crippen molar-refractivity contribution in [2.45, 2.75) is 51.6 Å². The zero-order valence-electron chi connectivity index (χ0n) is 24.8. The lowest BCUT2D eigenvalue weighted by Gasteiger charge is -2.32. The number of sulfonamides is 1. The second kappa shape index (κ2) is 16.5. The molecule has 1 unspecified atom stereocenters. The van der Waals surface area contributed by atoms with Gasteiger partial charge < -0.3 is 15.0 Å². The molecule has 0 radical (unpaired) electrons. The van der Waals surface area contributed by atoms with Gasteiger partial charge in [-0.05, 0) is 48.2 Å². The summed E-state index contributed by atoms with van der Waals surface area (Å²) in [5.41, 5.74) is 1.94. The van der Waals surface area contributed by atoms with E-state index in [-0.39, 0.29) is 37.7 Å². The molecule has 0 aliphatic heterocycles. The summed E-state index contributed by atoms with van der Waals surface area (Å²) >= 11 is 12.6. The molecular weight excluding hydrogens is 609 g/mol. The van der Waals surface area contributed by atoms with E-state index in [4.69, 9.17) is 27.9 Å². The molecule has 0 saturated heterocycles. The predicted molar refractivity (Wildman–Crippen MR) is 173 cm³/mol. The third-order valence-electron chi connectivity index (χ3n) is 6.96. The van der Waals surface area contributed by atoms with Crippen LogP contribution in [0.2, 0.25) is 10.0 Å². The fraction of sp³-hybridized carbons (Fsp3) is 0.375. The molecule has 1 atom stereocenters. The fourth-order valence-corrected chi connectivity index (χ4v) is 6.15. The molecule has 3 rings (SSSR count).